The fraction of sp³-hybridized carbons (Fsp3) is 0.355. The molecule has 8 nitrogen and oxygen atoms in total. The van der Waals surface area contributed by atoms with Crippen LogP contribution in [0.5, 0.6) is 11.5 Å². The van der Waals surface area contributed by atoms with Crippen LogP contribution in [0.15, 0.2) is 54.6 Å². The Bertz CT molecular complexity index is 1330. The molecule has 3 aromatic rings. The summed E-state index contributed by atoms with van der Waals surface area (Å²) < 4.78 is 11.1. The summed E-state index contributed by atoms with van der Waals surface area (Å²) in [6.45, 7) is 4.61. The van der Waals surface area contributed by atoms with Crippen LogP contribution in [0.1, 0.15) is 52.0 Å². The number of fused-ring (bicyclic) bond motifs is 1. The second-order valence-electron chi connectivity index (χ2n) is 9.95. The van der Waals surface area contributed by atoms with Gasteiger partial charge in [0.2, 0.25) is 0 Å². The van der Waals surface area contributed by atoms with E-state index < -0.39 is 0 Å². The predicted molar refractivity (Wildman–Crippen MR) is 154 cm³/mol. The van der Waals surface area contributed by atoms with E-state index in [1.807, 2.05) is 36.4 Å². The first-order chi connectivity index (χ1) is 19.1. The lowest BCUT2D eigenvalue weighted by molar-refractivity contribution is 0.0966. The van der Waals surface area contributed by atoms with Gasteiger partial charge in [-0.3, -0.25) is 9.59 Å². The van der Waals surface area contributed by atoms with Gasteiger partial charge >= 0.3 is 0 Å². The van der Waals surface area contributed by atoms with E-state index in [1.165, 1.54) is 38.8 Å². The Kier molecular flexibility index (Phi) is 8.32. The van der Waals surface area contributed by atoms with E-state index in [9.17, 15) is 9.59 Å². The van der Waals surface area contributed by atoms with E-state index in [0.29, 0.717) is 34.9 Å². The Labute approximate surface area is 229 Å². The second kappa shape index (κ2) is 12.2. The van der Waals surface area contributed by atoms with Crippen molar-refractivity contribution >= 4 is 23.2 Å². The fourth-order valence-electron chi connectivity index (χ4n) is 5.46. The molecule has 1 fully saturated rings. The average Bonchev–Trinajstić information content (AvgIpc) is 3.17. The van der Waals surface area contributed by atoms with Crippen molar-refractivity contribution in [3.8, 4) is 22.6 Å². The Morgan fingerprint density at radius 3 is 2.41 bits per heavy atom. The minimum Gasteiger partial charge on any atom is -0.493 e. The van der Waals surface area contributed by atoms with Crippen molar-refractivity contribution in [2.45, 2.75) is 32.2 Å². The Hall–Kier alpha value is -4.04. The quantitative estimate of drug-likeness (QED) is 0.356. The van der Waals surface area contributed by atoms with E-state index in [0.717, 1.165) is 35.5 Å². The molecular weight excluding hydrogens is 492 g/mol. The van der Waals surface area contributed by atoms with Gasteiger partial charge in [-0.2, -0.15) is 0 Å². The molecule has 2 heterocycles. The Balaban J connectivity index is 1.29. The van der Waals surface area contributed by atoms with E-state index in [-0.39, 0.29) is 11.8 Å². The van der Waals surface area contributed by atoms with Crippen LogP contribution in [0.25, 0.3) is 11.1 Å². The van der Waals surface area contributed by atoms with Crippen LogP contribution in [0.4, 0.5) is 11.4 Å². The highest BCUT2D eigenvalue weighted by Gasteiger charge is 2.28. The van der Waals surface area contributed by atoms with Gasteiger partial charge in [-0.1, -0.05) is 31.0 Å². The smallest absolute Gasteiger partial charge is 0.255 e. The van der Waals surface area contributed by atoms with Crippen molar-refractivity contribution in [1.82, 2.24) is 10.2 Å². The summed E-state index contributed by atoms with van der Waals surface area (Å²) in [5.41, 5.74) is 4.95. The SMILES string of the molecule is COc1cccc(-c2ccc(NC(=O)c3ccc(NCCN4CCCCCC4)cc3)c3c2CNC3=O)c1OC. The van der Waals surface area contributed by atoms with Crippen LogP contribution >= 0.6 is 0 Å². The molecule has 2 aliphatic rings. The second-order valence-corrected chi connectivity index (χ2v) is 9.95. The maximum absolute atomic E-state index is 13.1. The summed E-state index contributed by atoms with van der Waals surface area (Å²) in [7, 11) is 3.19. The predicted octanol–water partition coefficient (Wildman–Crippen LogP) is 5.15. The van der Waals surface area contributed by atoms with Gasteiger partial charge in [-0.15, -0.1) is 0 Å². The Morgan fingerprint density at radius 2 is 1.69 bits per heavy atom. The number of likely N-dealkylation sites (tertiary alicyclic amines) is 1. The van der Waals surface area contributed by atoms with Gasteiger partial charge in [0.1, 0.15) is 0 Å². The van der Waals surface area contributed by atoms with Gasteiger partial charge in [-0.05, 0) is 73.5 Å². The van der Waals surface area contributed by atoms with Crippen LogP contribution in [0, 0.1) is 0 Å². The van der Waals surface area contributed by atoms with Crippen molar-refractivity contribution in [2.75, 3.05) is 51.0 Å². The van der Waals surface area contributed by atoms with E-state index >= 15 is 0 Å². The molecule has 0 saturated carbocycles. The number of carbonyl (C=O) groups is 2. The lowest BCUT2D eigenvalue weighted by atomic mass is 9.94. The summed E-state index contributed by atoms with van der Waals surface area (Å²) in [4.78, 5) is 28.5. The van der Waals surface area contributed by atoms with Crippen molar-refractivity contribution < 1.29 is 19.1 Å². The van der Waals surface area contributed by atoms with Crippen LogP contribution in [-0.4, -0.2) is 57.1 Å². The molecule has 0 unspecified atom stereocenters. The van der Waals surface area contributed by atoms with Crippen molar-refractivity contribution in [3.63, 3.8) is 0 Å². The van der Waals surface area contributed by atoms with E-state index in [2.05, 4.69) is 20.9 Å². The summed E-state index contributed by atoms with van der Waals surface area (Å²) >= 11 is 0. The summed E-state index contributed by atoms with van der Waals surface area (Å²) in [6, 6.07) is 16.8. The minimum atomic E-state index is -0.264. The third-order valence-corrected chi connectivity index (χ3v) is 7.51. The van der Waals surface area contributed by atoms with Gasteiger partial charge in [0.05, 0.1) is 25.5 Å². The molecule has 3 aromatic carbocycles. The topological polar surface area (TPSA) is 91.9 Å². The molecule has 1 saturated heterocycles. The zero-order chi connectivity index (χ0) is 27.2. The van der Waals surface area contributed by atoms with Gasteiger partial charge in [0.25, 0.3) is 11.8 Å². The molecule has 39 heavy (non-hydrogen) atoms. The van der Waals surface area contributed by atoms with Gasteiger partial charge in [0.15, 0.2) is 11.5 Å². The molecule has 0 aliphatic carbocycles. The first kappa shape index (κ1) is 26.6. The molecule has 2 amide bonds. The van der Waals surface area contributed by atoms with Crippen LogP contribution in [-0.2, 0) is 6.54 Å². The van der Waals surface area contributed by atoms with Crippen LogP contribution in [0.2, 0.25) is 0 Å². The normalized spacial score (nSPS) is 15.2. The number of benzene rings is 3. The first-order valence-electron chi connectivity index (χ1n) is 13.6. The van der Waals surface area contributed by atoms with E-state index in [1.54, 1.807) is 32.4 Å². The number of rotatable bonds is 9. The van der Waals surface area contributed by atoms with Crippen LogP contribution in [0.3, 0.4) is 0 Å². The molecule has 0 aromatic heterocycles. The highest BCUT2D eigenvalue weighted by Crippen LogP contribution is 2.42. The number of hydrogen-bond donors (Lipinski definition) is 3. The van der Waals surface area contributed by atoms with Gasteiger partial charge in [0, 0.05) is 36.4 Å². The standard InChI is InChI=1S/C31H36N4O4/c1-38-27-9-7-8-24(29(27)39-2)23-14-15-26(28-25(23)20-33-31(28)37)34-30(36)21-10-12-22(13-11-21)32-16-19-35-17-5-3-4-6-18-35/h7-15,32H,3-6,16-20H2,1-2H3,(H,33,37)(H,34,36). The largest absolute Gasteiger partial charge is 0.493 e. The number of nitrogens with one attached hydrogen (secondary N) is 3. The molecule has 0 bridgehead atoms. The minimum absolute atomic E-state index is 0.215. The first-order valence-corrected chi connectivity index (χ1v) is 13.6. The average molecular weight is 529 g/mol. The number of hydrogen-bond acceptors (Lipinski definition) is 6. The highest BCUT2D eigenvalue weighted by molar-refractivity contribution is 6.11. The fourth-order valence-corrected chi connectivity index (χ4v) is 5.46. The third-order valence-electron chi connectivity index (χ3n) is 7.51. The number of ether oxygens (including phenoxy) is 2. The van der Waals surface area contributed by atoms with Gasteiger partial charge in [-0.25, -0.2) is 0 Å². The maximum atomic E-state index is 13.1. The zero-order valence-electron chi connectivity index (χ0n) is 22.6. The number of methoxy groups -OCH3 is 2. The van der Waals surface area contributed by atoms with Crippen molar-refractivity contribution in [3.05, 3.63) is 71.3 Å². The van der Waals surface area contributed by atoms with E-state index in [4.69, 9.17) is 9.47 Å². The lowest BCUT2D eigenvalue weighted by Gasteiger charge is -2.20. The Morgan fingerprint density at radius 1 is 0.923 bits per heavy atom. The number of anilines is 2. The van der Waals surface area contributed by atoms with Gasteiger partial charge < -0.3 is 30.3 Å². The zero-order valence-corrected chi connectivity index (χ0v) is 22.6. The summed E-state index contributed by atoms with van der Waals surface area (Å²) in [6.07, 6.45) is 5.24. The van der Waals surface area contributed by atoms with Crippen molar-refractivity contribution in [1.29, 1.82) is 0 Å². The monoisotopic (exact) mass is 528 g/mol. The molecule has 0 radical (unpaired) electrons. The molecule has 3 N–H and O–H groups in total. The molecule has 0 atom stereocenters. The molecule has 8 heteroatoms. The molecule has 5 rings (SSSR count). The third kappa shape index (κ3) is 5.86. The molecule has 0 spiro atoms. The number of amides is 2. The summed E-state index contributed by atoms with van der Waals surface area (Å²) in [5.74, 6) is 0.726. The molecule has 2 aliphatic heterocycles. The molecule has 204 valence electrons. The number of para-hydroxylation sites is 1. The lowest BCUT2D eigenvalue weighted by Crippen LogP contribution is -2.29. The number of carbonyl (C=O) groups excluding carboxylic acids is 2. The maximum Gasteiger partial charge on any atom is 0.255 e. The number of nitrogens with zero attached hydrogens (tertiary/aromatic N) is 1. The van der Waals surface area contributed by atoms with Crippen molar-refractivity contribution in [2.24, 2.45) is 0 Å². The summed E-state index contributed by atoms with van der Waals surface area (Å²) in [5, 5.41) is 9.30. The van der Waals surface area contributed by atoms with Crippen LogP contribution < -0.4 is 25.4 Å². The highest BCUT2D eigenvalue weighted by atomic mass is 16.5. The molecular formula is C31H36N4O4.